The van der Waals surface area contributed by atoms with E-state index in [2.05, 4.69) is 15.1 Å². The second-order valence-corrected chi connectivity index (χ2v) is 9.19. The van der Waals surface area contributed by atoms with Crippen molar-refractivity contribution in [1.29, 1.82) is 0 Å². The lowest BCUT2D eigenvalue weighted by Crippen LogP contribution is -2.31. The number of anilines is 1. The predicted molar refractivity (Wildman–Crippen MR) is 126 cm³/mol. The monoisotopic (exact) mass is 473 g/mol. The standard InChI is InChI=1S/C23H25ClFN5OS/c1-16(17-8-10-19(25)11-9-17)28(2)21(31)15-32-23-27-26-22(29-12-3-4-13-29)30(23)20-7-5-6-18(24)14-20/h5-11,14,16H,3-4,12-13,15H2,1-2H3. The number of aromatic nitrogens is 3. The largest absolute Gasteiger partial charge is 0.341 e. The highest BCUT2D eigenvalue weighted by atomic mass is 35.5. The molecule has 2 heterocycles. The average Bonchev–Trinajstić information content (AvgIpc) is 3.46. The van der Waals surface area contributed by atoms with Gasteiger partial charge in [0.25, 0.3) is 0 Å². The number of halogens is 2. The summed E-state index contributed by atoms with van der Waals surface area (Å²) in [5.74, 6) is 0.642. The predicted octanol–water partition coefficient (Wildman–Crippen LogP) is 4.97. The number of hydrogen-bond acceptors (Lipinski definition) is 5. The Bertz CT molecular complexity index is 1080. The molecule has 0 spiro atoms. The van der Waals surface area contributed by atoms with E-state index in [0.29, 0.717) is 10.2 Å². The van der Waals surface area contributed by atoms with Gasteiger partial charge in [0.2, 0.25) is 11.9 Å². The first kappa shape index (κ1) is 22.6. The Morgan fingerprint density at radius 1 is 1.19 bits per heavy atom. The van der Waals surface area contributed by atoms with Gasteiger partial charge >= 0.3 is 0 Å². The third kappa shape index (κ3) is 4.91. The summed E-state index contributed by atoms with van der Waals surface area (Å²) in [6.07, 6.45) is 2.24. The maximum absolute atomic E-state index is 13.2. The zero-order chi connectivity index (χ0) is 22.7. The molecule has 1 saturated heterocycles. The number of nitrogens with zero attached hydrogens (tertiary/aromatic N) is 5. The fourth-order valence-corrected chi connectivity index (χ4v) is 4.78. The van der Waals surface area contributed by atoms with E-state index in [9.17, 15) is 9.18 Å². The minimum atomic E-state index is -0.292. The molecule has 1 aliphatic heterocycles. The van der Waals surface area contributed by atoms with E-state index in [1.54, 1.807) is 24.1 Å². The van der Waals surface area contributed by atoms with Crippen LogP contribution in [-0.2, 0) is 4.79 Å². The van der Waals surface area contributed by atoms with E-state index >= 15 is 0 Å². The molecule has 3 aromatic rings. The van der Waals surface area contributed by atoms with Crippen LogP contribution >= 0.6 is 23.4 Å². The Labute approximate surface area is 196 Å². The van der Waals surface area contributed by atoms with Crippen LogP contribution in [0.2, 0.25) is 5.02 Å². The third-order valence-electron chi connectivity index (χ3n) is 5.72. The van der Waals surface area contributed by atoms with Crippen molar-refractivity contribution in [1.82, 2.24) is 19.7 Å². The summed E-state index contributed by atoms with van der Waals surface area (Å²) in [6.45, 7) is 3.79. The molecule has 1 atom stereocenters. The summed E-state index contributed by atoms with van der Waals surface area (Å²) in [5, 5.41) is 10.1. The Morgan fingerprint density at radius 3 is 2.59 bits per heavy atom. The Hall–Kier alpha value is -2.58. The topological polar surface area (TPSA) is 54.3 Å². The SMILES string of the molecule is CC(c1ccc(F)cc1)N(C)C(=O)CSc1nnc(N2CCCC2)n1-c1cccc(Cl)c1. The van der Waals surface area contributed by atoms with Crippen LogP contribution in [0.15, 0.2) is 53.7 Å². The minimum absolute atomic E-state index is 0.0461. The van der Waals surface area contributed by atoms with Crippen molar-refractivity contribution in [2.75, 3.05) is 30.8 Å². The molecule has 1 fully saturated rings. The van der Waals surface area contributed by atoms with Crippen LogP contribution in [0.4, 0.5) is 10.3 Å². The van der Waals surface area contributed by atoms with Gasteiger partial charge in [-0.05, 0) is 55.7 Å². The van der Waals surface area contributed by atoms with E-state index < -0.39 is 0 Å². The normalized spacial score (nSPS) is 14.6. The number of amides is 1. The van der Waals surface area contributed by atoms with Gasteiger partial charge in [0.1, 0.15) is 5.82 Å². The van der Waals surface area contributed by atoms with Crippen molar-refractivity contribution in [3.63, 3.8) is 0 Å². The van der Waals surface area contributed by atoms with E-state index in [1.165, 1.54) is 23.9 Å². The molecule has 1 amide bonds. The van der Waals surface area contributed by atoms with Gasteiger partial charge in [-0.2, -0.15) is 0 Å². The molecule has 0 saturated carbocycles. The summed E-state index contributed by atoms with van der Waals surface area (Å²) in [7, 11) is 1.76. The second kappa shape index (κ2) is 9.92. The Balaban J connectivity index is 1.52. The maximum atomic E-state index is 13.2. The number of rotatable bonds is 7. The molecule has 1 unspecified atom stereocenters. The van der Waals surface area contributed by atoms with Crippen LogP contribution in [0.25, 0.3) is 5.69 Å². The first-order valence-electron chi connectivity index (χ1n) is 10.5. The zero-order valence-electron chi connectivity index (χ0n) is 18.0. The highest BCUT2D eigenvalue weighted by Crippen LogP contribution is 2.30. The Morgan fingerprint density at radius 2 is 1.91 bits per heavy atom. The molecule has 168 valence electrons. The molecule has 9 heteroatoms. The van der Waals surface area contributed by atoms with Gasteiger partial charge in [-0.1, -0.05) is 41.6 Å². The molecule has 0 N–H and O–H groups in total. The van der Waals surface area contributed by atoms with Gasteiger partial charge in [0.15, 0.2) is 5.16 Å². The van der Waals surface area contributed by atoms with Crippen molar-refractivity contribution in [2.45, 2.75) is 31.0 Å². The molecule has 4 rings (SSSR count). The van der Waals surface area contributed by atoms with Crippen LogP contribution < -0.4 is 4.90 Å². The number of benzene rings is 2. The molecule has 0 radical (unpaired) electrons. The summed E-state index contributed by atoms with van der Waals surface area (Å²) >= 11 is 7.59. The van der Waals surface area contributed by atoms with Gasteiger partial charge in [0, 0.05) is 25.2 Å². The van der Waals surface area contributed by atoms with Crippen LogP contribution in [0, 0.1) is 5.82 Å². The molecule has 6 nitrogen and oxygen atoms in total. The molecule has 0 aliphatic carbocycles. The lowest BCUT2D eigenvalue weighted by Gasteiger charge is -2.25. The van der Waals surface area contributed by atoms with Gasteiger partial charge in [-0.3, -0.25) is 9.36 Å². The first-order valence-corrected chi connectivity index (χ1v) is 11.9. The van der Waals surface area contributed by atoms with Crippen molar-refractivity contribution in [2.24, 2.45) is 0 Å². The quantitative estimate of drug-likeness (QED) is 0.453. The average molecular weight is 474 g/mol. The van der Waals surface area contributed by atoms with Crippen LogP contribution in [0.5, 0.6) is 0 Å². The number of carbonyl (C=O) groups excluding carboxylic acids is 1. The number of carbonyl (C=O) groups is 1. The molecule has 1 aliphatic rings. The summed E-state index contributed by atoms with van der Waals surface area (Å²) in [6, 6.07) is 13.6. The molecular formula is C23H25ClFN5OS. The summed E-state index contributed by atoms with van der Waals surface area (Å²) < 4.78 is 15.2. The highest BCUT2D eigenvalue weighted by Gasteiger charge is 2.24. The van der Waals surface area contributed by atoms with Crippen LogP contribution in [-0.4, -0.2) is 51.5 Å². The summed E-state index contributed by atoms with van der Waals surface area (Å²) in [5.41, 5.74) is 1.75. The fraction of sp³-hybridized carbons (Fsp3) is 0.348. The molecular weight excluding hydrogens is 449 g/mol. The smallest absolute Gasteiger partial charge is 0.233 e. The van der Waals surface area contributed by atoms with E-state index in [-0.39, 0.29) is 23.5 Å². The second-order valence-electron chi connectivity index (χ2n) is 7.81. The van der Waals surface area contributed by atoms with Crippen LogP contribution in [0.1, 0.15) is 31.4 Å². The van der Waals surface area contributed by atoms with Gasteiger partial charge in [0.05, 0.1) is 17.5 Å². The number of thioether (sulfide) groups is 1. The van der Waals surface area contributed by atoms with Crippen molar-refractivity contribution >= 4 is 35.2 Å². The van der Waals surface area contributed by atoms with E-state index in [0.717, 1.165) is 43.1 Å². The van der Waals surface area contributed by atoms with Crippen LogP contribution in [0.3, 0.4) is 0 Å². The zero-order valence-corrected chi connectivity index (χ0v) is 19.6. The minimum Gasteiger partial charge on any atom is -0.341 e. The van der Waals surface area contributed by atoms with Gasteiger partial charge in [-0.25, -0.2) is 4.39 Å². The van der Waals surface area contributed by atoms with Crippen molar-refractivity contribution < 1.29 is 9.18 Å². The maximum Gasteiger partial charge on any atom is 0.233 e. The number of hydrogen-bond donors (Lipinski definition) is 0. The van der Waals surface area contributed by atoms with E-state index in [4.69, 9.17) is 11.6 Å². The van der Waals surface area contributed by atoms with Gasteiger partial charge < -0.3 is 9.80 Å². The van der Waals surface area contributed by atoms with Crippen molar-refractivity contribution in [3.05, 3.63) is 64.9 Å². The van der Waals surface area contributed by atoms with Gasteiger partial charge in [-0.15, -0.1) is 10.2 Å². The molecule has 0 bridgehead atoms. The molecule has 1 aromatic heterocycles. The Kier molecular flexibility index (Phi) is 7.01. The third-order valence-corrected chi connectivity index (χ3v) is 6.87. The van der Waals surface area contributed by atoms with Crippen molar-refractivity contribution in [3.8, 4) is 5.69 Å². The first-order chi connectivity index (χ1) is 15.4. The molecule has 32 heavy (non-hydrogen) atoms. The lowest BCUT2D eigenvalue weighted by atomic mass is 10.1. The fourth-order valence-electron chi connectivity index (χ4n) is 3.73. The highest BCUT2D eigenvalue weighted by molar-refractivity contribution is 7.99. The lowest BCUT2D eigenvalue weighted by molar-refractivity contribution is -0.128. The van der Waals surface area contributed by atoms with E-state index in [1.807, 2.05) is 35.8 Å². The summed E-state index contributed by atoms with van der Waals surface area (Å²) in [4.78, 5) is 16.8. The molecule has 2 aromatic carbocycles.